The van der Waals surface area contributed by atoms with Crippen LogP contribution in [-0.2, 0) is 9.53 Å². The van der Waals surface area contributed by atoms with Crippen molar-refractivity contribution in [3.63, 3.8) is 0 Å². The molecule has 2 aromatic heterocycles. The number of carbonyl (C=O) groups is 1. The summed E-state index contributed by atoms with van der Waals surface area (Å²) in [5.41, 5.74) is 3.11. The number of nitrogens with zero attached hydrogens (tertiary/aromatic N) is 5. The molecule has 0 radical (unpaired) electrons. The lowest BCUT2D eigenvalue weighted by molar-refractivity contribution is -0.121. The number of carbonyl (C=O) groups excluding carboxylic acids is 1. The molecule has 31 heavy (non-hydrogen) atoms. The van der Waals surface area contributed by atoms with Gasteiger partial charge in [0.25, 0.3) is 0 Å². The minimum absolute atomic E-state index is 0.0992. The molecule has 1 aromatic carbocycles. The Bertz CT molecular complexity index is 965. The van der Waals surface area contributed by atoms with Crippen molar-refractivity contribution in [2.24, 2.45) is 0 Å². The zero-order valence-corrected chi connectivity index (χ0v) is 18.1. The normalized spacial score (nSPS) is 23.3. The number of ether oxygens (including phenoxy) is 1. The van der Waals surface area contributed by atoms with Gasteiger partial charge in [0.1, 0.15) is 17.6 Å². The maximum atomic E-state index is 11.0. The van der Waals surface area contributed by atoms with E-state index in [1.807, 2.05) is 42.2 Å². The highest BCUT2D eigenvalue weighted by Gasteiger charge is 2.29. The molecule has 5 rings (SSSR count). The zero-order valence-electron chi connectivity index (χ0n) is 18.1. The third kappa shape index (κ3) is 5.02. The maximum absolute atomic E-state index is 11.0. The van der Waals surface area contributed by atoms with E-state index in [1.165, 1.54) is 5.56 Å². The third-order valence-corrected chi connectivity index (χ3v) is 6.02. The van der Waals surface area contributed by atoms with Gasteiger partial charge in [0.05, 0.1) is 18.1 Å². The van der Waals surface area contributed by atoms with Gasteiger partial charge in [-0.15, -0.1) is 0 Å². The Labute approximate surface area is 182 Å². The van der Waals surface area contributed by atoms with Crippen LogP contribution in [0.1, 0.15) is 61.6 Å². The van der Waals surface area contributed by atoms with Crippen molar-refractivity contribution in [2.45, 2.75) is 57.6 Å². The van der Waals surface area contributed by atoms with Gasteiger partial charge < -0.3 is 14.2 Å². The van der Waals surface area contributed by atoms with E-state index in [2.05, 4.69) is 22.3 Å². The van der Waals surface area contributed by atoms with Gasteiger partial charge in [-0.05, 0) is 51.2 Å². The number of hydrogen-bond acceptors (Lipinski definition) is 6. The zero-order chi connectivity index (χ0) is 21.6. The number of rotatable bonds is 4. The Morgan fingerprint density at radius 2 is 1.94 bits per heavy atom. The van der Waals surface area contributed by atoms with E-state index in [4.69, 9.17) is 9.26 Å². The van der Waals surface area contributed by atoms with Gasteiger partial charge in [0.15, 0.2) is 0 Å². The summed E-state index contributed by atoms with van der Waals surface area (Å²) >= 11 is 0. The molecule has 2 aliphatic rings. The second kappa shape index (κ2) is 9.87. The molecule has 3 aromatic rings. The van der Waals surface area contributed by atoms with Crippen LogP contribution in [0.3, 0.4) is 0 Å². The van der Waals surface area contributed by atoms with Crippen LogP contribution in [0.2, 0.25) is 0 Å². The smallest absolute Gasteiger partial charge is 0.209 e. The highest BCUT2D eigenvalue weighted by molar-refractivity contribution is 5.48. The van der Waals surface area contributed by atoms with Crippen molar-refractivity contribution in [1.82, 2.24) is 25.1 Å². The fourth-order valence-electron chi connectivity index (χ4n) is 4.10. The lowest BCUT2D eigenvalue weighted by Gasteiger charge is -2.34. The highest BCUT2D eigenvalue weighted by Crippen LogP contribution is 2.33. The molecule has 0 aliphatic carbocycles. The number of likely N-dealkylation sites (tertiary alicyclic amines) is 1. The van der Waals surface area contributed by atoms with Crippen LogP contribution in [0, 0.1) is 6.92 Å². The first-order chi connectivity index (χ1) is 15.2. The Morgan fingerprint density at radius 3 is 2.65 bits per heavy atom. The SMILES string of the molecule is C[C@@H]1CCC(c2cc(C3CCCO3)no2)CN1C=O.Cc1ccccc1-n1nccn1. The molecule has 0 bridgehead atoms. The van der Waals surface area contributed by atoms with Gasteiger partial charge in [-0.25, -0.2) is 0 Å². The topological polar surface area (TPSA) is 86.3 Å². The standard InChI is InChI=1S/C14H20N2O3.C9H9N3/c1-10-4-5-11(8-16(10)9-17)14-7-12(15-19-14)13-3-2-6-18-13;1-8-4-2-3-5-9(8)12-10-6-7-11-12/h7,9-11,13H,2-6,8H2,1H3;2-7H,1H3/t10-,11?,13?;/m1./s1. The molecule has 164 valence electrons. The summed E-state index contributed by atoms with van der Waals surface area (Å²) in [6.07, 6.45) is 8.56. The molecule has 0 spiro atoms. The van der Waals surface area contributed by atoms with E-state index in [0.29, 0.717) is 6.04 Å². The molecular weight excluding hydrogens is 394 g/mol. The first-order valence-electron chi connectivity index (χ1n) is 10.9. The van der Waals surface area contributed by atoms with Crippen molar-refractivity contribution < 1.29 is 14.1 Å². The Kier molecular flexibility index (Phi) is 6.76. The summed E-state index contributed by atoms with van der Waals surface area (Å²) in [7, 11) is 0. The lowest BCUT2D eigenvalue weighted by atomic mass is 9.91. The van der Waals surface area contributed by atoms with Crippen LogP contribution in [0.4, 0.5) is 0 Å². The molecule has 2 aliphatic heterocycles. The van der Waals surface area contributed by atoms with Crippen molar-refractivity contribution in [3.05, 3.63) is 59.7 Å². The van der Waals surface area contributed by atoms with Gasteiger partial charge in [0.2, 0.25) is 6.41 Å². The number of aromatic nitrogens is 4. The summed E-state index contributed by atoms with van der Waals surface area (Å²) in [4.78, 5) is 14.5. The van der Waals surface area contributed by atoms with E-state index >= 15 is 0 Å². The van der Waals surface area contributed by atoms with Crippen LogP contribution in [0.25, 0.3) is 5.69 Å². The van der Waals surface area contributed by atoms with E-state index < -0.39 is 0 Å². The number of piperidine rings is 1. The van der Waals surface area contributed by atoms with E-state index in [-0.39, 0.29) is 12.0 Å². The van der Waals surface area contributed by atoms with Crippen LogP contribution in [0.5, 0.6) is 0 Å². The van der Waals surface area contributed by atoms with Crippen LogP contribution >= 0.6 is 0 Å². The van der Waals surface area contributed by atoms with Gasteiger partial charge in [0, 0.05) is 31.2 Å². The quantitative estimate of drug-likeness (QED) is 0.593. The number of para-hydroxylation sites is 1. The molecule has 0 N–H and O–H groups in total. The number of hydrogen-bond donors (Lipinski definition) is 0. The summed E-state index contributed by atoms with van der Waals surface area (Å²) in [6.45, 7) is 5.67. The second-order valence-corrected chi connectivity index (χ2v) is 8.19. The van der Waals surface area contributed by atoms with Crippen molar-refractivity contribution in [3.8, 4) is 5.69 Å². The molecule has 2 fully saturated rings. The molecule has 1 amide bonds. The molecule has 8 nitrogen and oxygen atoms in total. The predicted molar refractivity (Wildman–Crippen MR) is 115 cm³/mol. The summed E-state index contributed by atoms with van der Waals surface area (Å²) in [5, 5.41) is 12.2. The average molecular weight is 424 g/mol. The molecule has 8 heteroatoms. The molecular formula is C23H29N5O3. The Morgan fingerprint density at radius 1 is 1.13 bits per heavy atom. The fraction of sp³-hybridized carbons (Fsp3) is 0.478. The molecule has 2 unspecified atom stereocenters. The number of amides is 1. The molecule has 3 atom stereocenters. The van der Waals surface area contributed by atoms with E-state index in [9.17, 15) is 4.79 Å². The predicted octanol–water partition coefficient (Wildman–Crippen LogP) is 3.83. The number of aryl methyl sites for hydroxylation is 1. The highest BCUT2D eigenvalue weighted by atomic mass is 16.5. The van der Waals surface area contributed by atoms with E-state index in [1.54, 1.807) is 17.2 Å². The first kappa shape index (κ1) is 21.2. The summed E-state index contributed by atoms with van der Waals surface area (Å²) < 4.78 is 11.1. The first-order valence-corrected chi connectivity index (χ1v) is 10.9. The molecule has 0 saturated carbocycles. The largest absolute Gasteiger partial charge is 0.372 e. The van der Waals surface area contributed by atoms with Crippen molar-refractivity contribution in [2.75, 3.05) is 13.2 Å². The monoisotopic (exact) mass is 423 g/mol. The van der Waals surface area contributed by atoms with Crippen molar-refractivity contribution in [1.29, 1.82) is 0 Å². The maximum Gasteiger partial charge on any atom is 0.209 e. The van der Waals surface area contributed by atoms with Gasteiger partial charge in [-0.3, -0.25) is 4.79 Å². The van der Waals surface area contributed by atoms with Gasteiger partial charge in [-0.2, -0.15) is 15.0 Å². The fourth-order valence-corrected chi connectivity index (χ4v) is 4.10. The minimum Gasteiger partial charge on any atom is -0.372 e. The summed E-state index contributed by atoms with van der Waals surface area (Å²) in [5.74, 6) is 1.16. The second-order valence-electron chi connectivity index (χ2n) is 8.19. The Balaban J connectivity index is 0.000000166. The van der Waals surface area contributed by atoms with Crippen LogP contribution in [0.15, 0.2) is 47.2 Å². The molecule has 2 saturated heterocycles. The summed E-state index contributed by atoms with van der Waals surface area (Å²) in [6, 6.07) is 10.4. The van der Waals surface area contributed by atoms with E-state index in [0.717, 1.165) is 62.4 Å². The average Bonchev–Trinajstić information content (AvgIpc) is 3.57. The lowest BCUT2D eigenvalue weighted by Crippen LogP contribution is -2.39. The van der Waals surface area contributed by atoms with Crippen molar-refractivity contribution >= 4 is 6.41 Å². The minimum atomic E-state index is 0.0992. The number of benzene rings is 1. The molecule has 4 heterocycles. The third-order valence-electron chi connectivity index (χ3n) is 6.02. The Hall–Kier alpha value is -3.00. The van der Waals surface area contributed by atoms with Gasteiger partial charge in [-0.1, -0.05) is 23.4 Å². The van der Waals surface area contributed by atoms with Crippen LogP contribution in [-0.4, -0.2) is 50.7 Å². The van der Waals surface area contributed by atoms with Gasteiger partial charge >= 0.3 is 0 Å². The van der Waals surface area contributed by atoms with Crippen LogP contribution < -0.4 is 0 Å².